The monoisotopic (exact) mass is 311 g/mol. The van der Waals surface area contributed by atoms with Gasteiger partial charge in [0.2, 0.25) is 5.91 Å². The van der Waals surface area contributed by atoms with Crippen molar-refractivity contribution in [2.24, 2.45) is 28.4 Å². The summed E-state index contributed by atoms with van der Waals surface area (Å²) in [6, 6.07) is 10.9. The van der Waals surface area contributed by atoms with Crippen LogP contribution in [0.3, 0.4) is 0 Å². The van der Waals surface area contributed by atoms with E-state index in [1.54, 1.807) is 0 Å². The lowest BCUT2D eigenvalue weighted by atomic mass is 9.55. The van der Waals surface area contributed by atoms with E-state index in [2.05, 4.69) is 44.2 Å². The second-order valence-corrected chi connectivity index (χ2v) is 8.54. The lowest BCUT2D eigenvalue weighted by Gasteiger charge is -2.49. The Balaban J connectivity index is 1.82. The largest absolute Gasteiger partial charge is 0.369 e. The van der Waals surface area contributed by atoms with Crippen molar-refractivity contribution in [3.63, 3.8) is 0 Å². The number of rotatable bonds is 5. The van der Waals surface area contributed by atoms with Gasteiger partial charge in [-0.05, 0) is 66.8 Å². The molecule has 0 radical (unpaired) electrons. The van der Waals surface area contributed by atoms with Crippen LogP contribution in [0.2, 0.25) is 0 Å². The van der Waals surface area contributed by atoms with E-state index in [-0.39, 0.29) is 16.7 Å². The van der Waals surface area contributed by atoms with Gasteiger partial charge in [-0.2, -0.15) is 0 Å². The van der Waals surface area contributed by atoms with E-state index in [0.717, 1.165) is 12.8 Å². The van der Waals surface area contributed by atoms with Crippen molar-refractivity contribution in [3.8, 4) is 0 Å². The maximum absolute atomic E-state index is 12.6. The molecular weight excluding hydrogens is 282 g/mol. The Morgan fingerprint density at radius 3 is 2.52 bits per heavy atom. The van der Waals surface area contributed by atoms with Gasteiger partial charge in [0.05, 0.1) is 5.41 Å². The molecule has 0 heterocycles. The van der Waals surface area contributed by atoms with Crippen molar-refractivity contribution in [2.75, 3.05) is 0 Å². The van der Waals surface area contributed by atoms with Crippen LogP contribution >= 0.6 is 0 Å². The molecule has 0 aliphatic heterocycles. The molecule has 4 aliphatic rings. The first-order valence-corrected chi connectivity index (χ1v) is 9.38. The van der Waals surface area contributed by atoms with Gasteiger partial charge in [0.1, 0.15) is 0 Å². The molecule has 1 aromatic carbocycles. The molecule has 4 saturated carbocycles. The third kappa shape index (κ3) is 1.73. The normalized spacial score (nSPS) is 43.9. The molecule has 0 spiro atoms. The van der Waals surface area contributed by atoms with E-state index < -0.39 is 0 Å². The molecule has 5 rings (SSSR count). The first-order valence-electron chi connectivity index (χ1n) is 9.38. The molecule has 23 heavy (non-hydrogen) atoms. The molecule has 0 saturated heterocycles. The Hall–Kier alpha value is -1.31. The van der Waals surface area contributed by atoms with E-state index in [1.807, 2.05) is 0 Å². The fourth-order valence-electron chi connectivity index (χ4n) is 7.23. The number of benzene rings is 1. The summed E-state index contributed by atoms with van der Waals surface area (Å²) in [4.78, 5) is 12.6. The average Bonchev–Trinajstić information content (AvgIpc) is 2.92. The fourth-order valence-corrected chi connectivity index (χ4v) is 7.23. The molecule has 0 aromatic heterocycles. The van der Waals surface area contributed by atoms with E-state index in [1.165, 1.54) is 37.7 Å². The molecule has 2 heteroatoms. The van der Waals surface area contributed by atoms with Gasteiger partial charge < -0.3 is 5.73 Å². The Morgan fingerprint density at radius 2 is 1.91 bits per heavy atom. The summed E-state index contributed by atoms with van der Waals surface area (Å²) >= 11 is 0. The van der Waals surface area contributed by atoms with E-state index >= 15 is 0 Å². The highest BCUT2D eigenvalue weighted by Gasteiger charge is 2.74. The zero-order valence-electron chi connectivity index (χ0n) is 14.5. The maximum atomic E-state index is 12.6. The number of carbonyl (C=O) groups excluding carboxylic acids is 1. The van der Waals surface area contributed by atoms with Crippen molar-refractivity contribution in [3.05, 3.63) is 35.9 Å². The van der Waals surface area contributed by atoms with E-state index in [4.69, 9.17) is 5.73 Å². The SMILES string of the molecule is CCCC1(CC)C2CC3(c4ccccc4)CC1C(C(N)=O)(C2)C3. The maximum Gasteiger partial charge on any atom is 0.223 e. The second-order valence-electron chi connectivity index (χ2n) is 8.54. The molecule has 1 aromatic rings. The van der Waals surface area contributed by atoms with Crippen LogP contribution < -0.4 is 5.73 Å². The van der Waals surface area contributed by atoms with Gasteiger partial charge in [0.15, 0.2) is 0 Å². The highest BCUT2D eigenvalue weighted by molar-refractivity contribution is 5.83. The average molecular weight is 311 g/mol. The Morgan fingerprint density at radius 1 is 1.17 bits per heavy atom. The summed E-state index contributed by atoms with van der Waals surface area (Å²) < 4.78 is 0. The number of nitrogens with two attached hydrogens (primary N) is 1. The Labute approximate surface area is 139 Å². The van der Waals surface area contributed by atoms with Crippen LogP contribution in [0.5, 0.6) is 0 Å². The molecular formula is C21H29NO. The number of hydrogen-bond donors (Lipinski definition) is 1. The predicted molar refractivity (Wildman–Crippen MR) is 92.8 cm³/mol. The van der Waals surface area contributed by atoms with E-state index in [0.29, 0.717) is 17.3 Å². The van der Waals surface area contributed by atoms with Gasteiger partial charge in [-0.1, -0.05) is 50.6 Å². The van der Waals surface area contributed by atoms with Gasteiger partial charge in [-0.3, -0.25) is 4.79 Å². The topological polar surface area (TPSA) is 43.1 Å². The van der Waals surface area contributed by atoms with Crippen LogP contribution in [0.15, 0.2) is 30.3 Å². The zero-order valence-corrected chi connectivity index (χ0v) is 14.5. The molecule has 1 amide bonds. The number of carbonyl (C=O) groups is 1. The minimum absolute atomic E-state index is 0.0172. The first kappa shape index (κ1) is 15.2. The molecule has 4 aliphatic carbocycles. The van der Waals surface area contributed by atoms with Crippen molar-refractivity contribution < 1.29 is 4.79 Å². The molecule has 4 fully saturated rings. The minimum Gasteiger partial charge on any atom is -0.369 e. The van der Waals surface area contributed by atoms with Crippen molar-refractivity contribution in [1.82, 2.24) is 0 Å². The summed E-state index contributed by atoms with van der Waals surface area (Å²) in [6.45, 7) is 4.63. The highest BCUT2D eigenvalue weighted by atomic mass is 16.1. The summed E-state index contributed by atoms with van der Waals surface area (Å²) in [5.41, 5.74) is 7.80. The Bertz CT molecular complexity index is 626. The van der Waals surface area contributed by atoms with Gasteiger partial charge in [-0.25, -0.2) is 0 Å². The highest BCUT2D eigenvalue weighted by Crippen LogP contribution is 2.78. The quantitative estimate of drug-likeness (QED) is 0.859. The standard InChI is InChI=1S/C21H29NO/c1-3-10-20(4-2)16-11-19(15-8-6-5-7-9-15)13-17(20)21(12-16,14-19)18(22)23/h5-9,16-17H,3-4,10-14H2,1-2H3,(H2,22,23). The lowest BCUT2D eigenvalue weighted by molar-refractivity contribution is -0.130. The summed E-state index contributed by atoms with van der Waals surface area (Å²) in [6.07, 6.45) is 8.16. The third-order valence-corrected chi connectivity index (χ3v) is 7.92. The number of primary amides is 1. The van der Waals surface area contributed by atoms with Crippen molar-refractivity contribution in [2.45, 2.75) is 64.2 Å². The van der Waals surface area contributed by atoms with Crippen LogP contribution in [-0.4, -0.2) is 5.91 Å². The van der Waals surface area contributed by atoms with Crippen molar-refractivity contribution in [1.29, 1.82) is 0 Å². The van der Waals surface area contributed by atoms with Crippen molar-refractivity contribution >= 4 is 5.91 Å². The summed E-state index contributed by atoms with van der Waals surface area (Å²) in [7, 11) is 0. The van der Waals surface area contributed by atoms with Crippen LogP contribution in [0.4, 0.5) is 0 Å². The molecule has 5 unspecified atom stereocenters. The number of hydrogen-bond acceptors (Lipinski definition) is 1. The van der Waals surface area contributed by atoms with E-state index in [9.17, 15) is 4.79 Å². The third-order valence-electron chi connectivity index (χ3n) is 7.92. The van der Waals surface area contributed by atoms with Crippen LogP contribution in [0, 0.1) is 22.7 Å². The molecule has 2 N–H and O–H groups in total. The number of amides is 1. The Kier molecular flexibility index (Phi) is 3.21. The fraction of sp³-hybridized carbons (Fsp3) is 0.667. The van der Waals surface area contributed by atoms with Gasteiger partial charge in [-0.15, -0.1) is 0 Å². The smallest absolute Gasteiger partial charge is 0.223 e. The van der Waals surface area contributed by atoms with Gasteiger partial charge in [0, 0.05) is 0 Å². The minimum atomic E-state index is -0.232. The first-order chi connectivity index (χ1) is 11.0. The van der Waals surface area contributed by atoms with Gasteiger partial charge in [0.25, 0.3) is 0 Å². The van der Waals surface area contributed by atoms with Crippen LogP contribution in [0.25, 0.3) is 0 Å². The summed E-state index contributed by atoms with van der Waals surface area (Å²) in [5, 5.41) is 0. The molecule has 4 bridgehead atoms. The second kappa shape index (κ2) is 4.84. The molecule has 124 valence electrons. The van der Waals surface area contributed by atoms with Gasteiger partial charge >= 0.3 is 0 Å². The molecule has 2 nitrogen and oxygen atoms in total. The lowest BCUT2D eigenvalue weighted by Crippen LogP contribution is -2.42. The predicted octanol–water partition coefficient (Wildman–Crippen LogP) is 4.43. The van der Waals surface area contributed by atoms with Crippen LogP contribution in [0.1, 0.15) is 64.4 Å². The zero-order chi connectivity index (χ0) is 16.3. The summed E-state index contributed by atoms with van der Waals surface area (Å²) in [5.74, 6) is 1.15. The van der Waals surface area contributed by atoms with Crippen LogP contribution in [-0.2, 0) is 10.2 Å². The molecule has 5 atom stereocenters.